The number of hydrogen-bond acceptors (Lipinski definition) is 3. The van der Waals surface area contributed by atoms with E-state index < -0.39 is 0 Å². The molecule has 0 aliphatic carbocycles. The van der Waals surface area contributed by atoms with Crippen LogP contribution < -0.4 is 5.32 Å². The molecule has 1 aliphatic rings. The van der Waals surface area contributed by atoms with Crippen LogP contribution in [0.2, 0.25) is 0 Å². The van der Waals surface area contributed by atoms with Gasteiger partial charge in [0, 0.05) is 28.4 Å². The molecule has 2 rings (SSSR count). The molecule has 1 aromatic heterocycles. The normalized spacial score (nSPS) is 23.9. The lowest BCUT2D eigenvalue weighted by Gasteiger charge is -2.19. The molecular formula is C13H22N2S. The van der Waals surface area contributed by atoms with Crippen molar-refractivity contribution in [3.63, 3.8) is 0 Å². The van der Waals surface area contributed by atoms with Crippen molar-refractivity contribution >= 4 is 11.3 Å². The van der Waals surface area contributed by atoms with Crippen LogP contribution in [0.1, 0.15) is 34.7 Å². The third-order valence-electron chi connectivity index (χ3n) is 3.42. The molecule has 0 bridgehead atoms. The van der Waals surface area contributed by atoms with Gasteiger partial charge in [-0.25, -0.2) is 0 Å². The largest absolute Gasteiger partial charge is 0.306 e. The molecule has 0 aromatic carbocycles. The van der Waals surface area contributed by atoms with E-state index in [4.69, 9.17) is 0 Å². The highest BCUT2D eigenvalue weighted by molar-refractivity contribution is 7.12. The Morgan fingerprint density at radius 2 is 2.25 bits per heavy atom. The summed E-state index contributed by atoms with van der Waals surface area (Å²) in [6.45, 7) is 9.12. The topological polar surface area (TPSA) is 15.3 Å². The molecule has 1 fully saturated rings. The number of nitrogens with one attached hydrogen (secondary N) is 1. The van der Waals surface area contributed by atoms with Crippen LogP contribution in [0.4, 0.5) is 0 Å². The first kappa shape index (κ1) is 12.1. The zero-order valence-corrected chi connectivity index (χ0v) is 11.5. The molecule has 1 saturated heterocycles. The molecule has 0 amide bonds. The monoisotopic (exact) mass is 238 g/mol. The minimum Gasteiger partial charge on any atom is -0.306 e. The van der Waals surface area contributed by atoms with Gasteiger partial charge in [-0.2, -0.15) is 0 Å². The summed E-state index contributed by atoms with van der Waals surface area (Å²) in [5.74, 6) is 0. The molecule has 0 spiro atoms. The van der Waals surface area contributed by atoms with Gasteiger partial charge in [-0.3, -0.25) is 0 Å². The molecule has 0 radical (unpaired) electrons. The molecule has 2 atom stereocenters. The molecule has 90 valence electrons. The van der Waals surface area contributed by atoms with Crippen LogP contribution in [0, 0.1) is 13.8 Å². The lowest BCUT2D eigenvalue weighted by Crippen LogP contribution is -2.33. The van der Waals surface area contributed by atoms with E-state index in [-0.39, 0.29) is 0 Å². The van der Waals surface area contributed by atoms with Crippen LogP contribution in [-0.2, 0) is 0 Å². The van der Waals surface area contributed by atoms with E-state index >= 15 is 0 Å². The van der Waals surface area contributed by atoms with E-state index in [1.165, 1.54) is 34.8 Å². The number of nitrogens with zero attached hydrogens (tertiary/aromatic N) is 1. The second kappa shape index (κ2) is 4.86. The maximum atomic E-state index is 3.74. The summed E-state index contributed by atoms with van der Waals surface area (Å²) in [7, 11) is 2.20. The standard InChI is InChI=1S/C13H22N2S/c1-9-7-13(11(3)16-9)10(2)14-12-5-6-15(4)8-12/h7,10,12,14H,5-6,8H2,1-4H3. The van der Waals surface area contributed by atoms with Gasteiger partial charge in [0.1, 0.15) is 0 Å². The Morgan fingerprint density at radius 3 is 2.75 bits per heavy atom. The number of hydrogen-bond donors (Lipinski definition) is 1. The van der Waals surface area contributed by atoms with Gasteiger partial charge < -0.3 is 10.2 Å². The zero-order valence-electron chi connectivity index (χ0n) is 10.7. The molecule has 0 saturated carbocycles. The van der Waals surface area contributed by atoms with Gasteiger partial charge in [0.2, 0.25) is 0 Å². The lowest BCUT2D eigenvalue weighted by molar-refractivity contribution is 0.387. The van der Waals surface area contributed by atoms with Crippen molar-refractivity contribution in [2.24, 2.45) is 0 Å². The Labute approximate surface area is 103 Å². The average molecular weight is 238 g/mol. The zero-order chi connectivity index (χ0) is 11.7. The number of likely N-dealkylation sites (N-methyl/N-ethyl adjacent to an activating group) is 1. The second-order valence-corrected chi connectivity index (χ2v) is 6.47. The maximum absolute atomic E-state index is 3.74. The fraction of sp³-hybridized carbons (Fsp3) is 0.692. The Morgan fingerprint density at radius 1 is 1.50 bits per heavy atom. The molecule has 1 aromatic rings. The maximum Gasteiger partial charge on any atom is 0.0305 e. The van der Waals surface area contributed by atoms with E-state index in [9.17, 15) is 0 Å². The molecule has 2 nitrogen and oxygen atoms in total. The van der Waals surface area contributed by atoms with Crippen LogP contribution in [0.5, 0.6) is 0 Å². The summed E-state index contributed by atoms with van der Waals surface area (Å²) in [6, 6.07) is 3.48. The summed E-state index contributed by atoms with van der Waals surface area (Å²) in [4.78, 5) is 5.28. The first-order chi connectivity index (χ1) is 7.56. The Balaban J connectivity index is 1.97. The minimum absolute atomic E-state index is 0.487. The van der Waals surface area contributed by atoms with Crippen molar-refractivity contribution in [1.29, 1.82) is 0 Å². The van der Waals surface area contributed by atoms with Crippen molar-refractivity contribution in [3.8, 4) is 0 Å². The number of likely N-dealkylation sites (tertiary alicyclic amines) is 1. The minimum atomic E-state index is 0.487. The predicted octanol–water partition coefficient (Wildman–Crippen LogP) is 2.72. The third kappa shape index (κ3) is 2.65. The Bertz CT molecular complexity index is 359. The Kier molecular flexibility index (Phi) is 3.67. The highest BCUT2D eigenvalue weighted by atomic mass is 32.1. The van der Waals surface area contributed by atoms with Crippen molar-refractivity contribution in [1.82, 2.24) is 10.2 Å². The first-order valence-electron chi connectivity index (χ1n) is 6.08. The van der Waals surface area contributed by atoms with Crippen molar-refractivity contribution in [3.05, 3.63) is 21.4 Å². The number of rotatable bonds is 3. The predicted molar refractivity (Wildman–Crippen MR) is 71.2 cm³/mol. The molecule has 2 unspecified atom stereocenters. The fourth-order valence-corrected chi connectivity index (χ4v) is 3.62. The molecule has 1 N–H and O–H groups in total. The highest BCUT2D eigenvalue weighted by Gasteiger charge is 2.22. The Hall–Kier alpha value is -0.380. The summed E-state index contributed by atoms with van der Waals surface area (Å²) in [5, 5.41) is 3.74. The number of aryl methyl sites for hydroxylation is 2. The molecule has 2 heterocycles. The van der Waals surface area contributed by atoms with Crippen LogP contribution in [0.15, 0.2) is 6.07 Å². The molecular weight excluding hydrogens is 216 g/mol. The second-order valence-electron chi connectivity index (χ2n) is 5.00. The van der Waals surface area contributed by atoms with Crippen molar-refractivity contribution in [2.45, 2.75) is 39.3 Å². The van der Waals surface area contributed by atoms with E-state index in [0.29, 0.717) is 12.1 Å². The van der Waals surface area contributed by atoms with Crippen LogP contribution in [0.25, 0.3) is 0 Å². The van der Waals surface area contributed by atoms with E-state index in [0.717, 1.165) is 0 Å². The fourth-order valence-electron chi connectivity index (χ4n) is 2.59. The number of thiophene rings is 1. The molecule has 1 aliphatic heterocycles. The molecule has 16 heavy (non-hydrogen) atoms. The van der Waals surface area contributed by atoms with Crippen LogP contribution >= 0.6 is 11.3 Å². The van der Waals surface area contributed by atoms with Gasteiger partial charge in [0.15, 0.2) is 0 Å². The van der Waals surface area contributed by atoms with Crippen molar-refractivity contribution < 1.29 is 0 Å². The van der Waals surface area contributed by atoms with E-state index in [2.05, 4.69) is 44.1 Å². The quantitative estimate of drug-likeness (QED) is 0.871. The van der Waals surface area contributed by atoms with Gasteiger partial charge in [-0.1, -0.05) is 0 Å². The lowest BCUT2D eigenvalue weighted by atomic mass is 10.1. The summed E-state index contributed by atoms with van der Waals surface area (Å²) < 4.78 is 0. The summed E-state index contributed by atoms with van der Waals surface area (Å²) in [6.07, 6.45) is 1.28. The summed E-state index contributed by atoms with van der Waals surface area (Å²) in [5.41, 5.74) is 1.48. The van der Waals surface area contributed by atoms with Crippen LogP contribution in [-0.4, -0.2) is 31.1 Å². The van der Waals surface area contributed by atoms with Gasteiger partial charge in [-0.15, -0.1) is 11.3 Å². The van der Waals surface area contributed by atoms with E-state index in [1.807, 2.05) is 11.3 Å². The highest BCUT2D eigenvalue weighted by Crippen LogP contribution is 2.27. The summed E-state index contributed by atoms with van der Waals surface area (Å²) >= 11 is 1.91. The van der Waals surface area contributed by atoms with Gasteiger partial charge >= 0.3 is 0 Å². The molecule has 3 heteroatoms. The third-order valence-corrected chi connectivity index (χ3v) is 4.40. The smallest absolute Gasteiger partial charge is 0.0305 e. The van der Waals surface area contributed by atoms with Crippen molar-refractivity contribution in [2.75, 3.05) is 20.1 Å². The average Bonchev–Trinajstić information content (AvgIpc) is 2.73. The van der Waals surface area contributed by atoms with Crippen LogP contribution in [0.3, 0.4) is 0 Å². The van der Waals surface area contributed by atoms with Gasteiger partial charge in [-0.05, 0) is 52.4 Å². The SMILES string of the molecule is Cc1cc(C(C)NC2CCN(C)C2)c(C)s1. The van der Waals surface area contributed by atoms with Gasteiger partial charge in [0.25, 0.3) is 0 Å². The first-order valence-corrected chi connectivity index (χ1v) is 6.89. The van der Waals surface area contributed by atoms with E-state index in [1.54, 1.807) is 0 Å². The van der Waals surface area contributed by atoms with Gasteiger partial charge in [0.05, 0.1) is 0 Å².